The third-order valence-corrected chi connectivity index (χ3v) is 5.25. The highest BCUT2D eigenvalue weighted by Gasteiger charge is 2.10. The zero-order valence-corrected chi connectivity index (χ0v) is 16.7. The largest absolute Gasteiger partial charge is 0.426 e. The van der Waals surface area contributed by atoms with Gasteiger partial charge in [0.1, 0.15) is 0 Å². The molecule has 1 atom stereocenters. The average molecular weight is 413 g/mol. The van der Waals surface area contributed by atoms with Gasteiger partial charge < -0.3 is 20.9 Å². The second kappa shape index (κ2) is 10.0. The van der Waals surface area contributed by atoms with E-state index in [1.807, 2.05) is 54.6 Å². The van der Waals surface area contributed by atoms with Crippen LogP contribution < -0.4 is 15.4 Å². The van der Waals surface area contributed by atoms with Gasteiger partial charge in [-0.05, 0) is 36.2 Å². The van der Waals surface area contributed by atoms with Crippen molar-refractivity contribution in [3.8, 4) is 0 Å². The molecule has 3 rings (SSSR count). The van der Waals surface area contributed by atoms with E-state index in [-0.39, 0.29) is 17.1 Å². The van der Waals surface area contributed by atoms with Gasteiger partial charge in [-0.15, -0.1) is 11.3 Å². The number of benzene rings is 2. The zero-order chi connectivity index (χ0) is 20.6. The first kappa shape index (κ1) is 20.8. The quantitative estimate of drug-likeness (QED) is 0.274. The van der Waals surface area contributed by atoms with Gasteiger partial charge >= 0.3 is 0 Å². The molecule has 0 fully saturated rings. The van der Waals surface area contributed by atoms with Gasteiger partial charge in [-0.1, -0.05) is 42.5 Å². The summed E-state index contributed by atoms with van der Waals surface area (Å²) in [6, 6.07) is 17.1. The molecular formula is C21H24N4O3S. The predicted octanol–water partition coefficient (Wildman–Crippen LogP) is 2.31. The van der Waals surface area contributed by atoms with Crippen LogP contribution in [0.15, 0.2) is 60.0 Å². The van der Waals surface area contributed by atoms with Gasteiger partial charge in [0.2, 0.25) is 10.7 Å². The van der Waals surface area contributed by atoms with Crippen LogP contribution in [0.5, 0.6) is 0 Å². The van der Waals surface area contributed by atoms with E-state index < -0.39 is 6.10 Å². The van der Waals surface area contributed by atoms with Gasteiger partial charge in [-0.2, -0.15) is 4.73 Å². The van der Waals surface area contributed by atoms with E-state index in [2.05, 4.69) is 10.6 Å². The van der Waals surface area contributed by atoms with Crippen LogP contribution in [-0.4, -0.2) is 34.0 Å². The maximum Gasteiger partial charge on any atom is 0.230 e. The van der Waals surface area contributed by atoms with Crippen LogP contribution in [0.1, 0.15) is 22.9 Å². The molecule has 152 valence electrons. The van der Waals surface area contributed by atoms with Crippen LogP contribution in [0.25, 0.3) is 0 Å². The average Bonchev–Trinajstić information content (AvgIpc) is 3.05. The molecule has 7 nitrogen and oxygen atoms in total. The molecule has 0 aliphatic heterocycles. The van der Waals surface area contributed by atoms with Gasteiger partial charge in [0.05, 0.1) is 18.2 Å². The highest BCUT2D eigenvalue weighted by atomic mass is 32.1. The molecule has 5 N–H and O–H groups in total. The molecule has 29 heavy (non-hydrogen) atoms. The van der Waals surface area contributed by atoms with E-state index >= 15 is 0 Å². The summed E-state index contributed by atoms with van der Waals surface area (Å²) >= 11 is 1.07. The van der Waals surface area contributed by atoms with Crippen LogP contribution in [-0.2, 0) is 17.6 Å². The fraction of sp³-hybridized carbons (Fsp3) is 0.238. The topological polar surface area (TPSA) is 110 Å². The van der Waals surface area contributed by atoms with Gasteiger partial charge in [0.25, 0.3) is 0 Å². The summed E-state index contributed by atoms with van der Waals surface area (Å²) < 4.78 is 0.717. The van der Waals surface area contributed by atoms with Crippen molar-refractivity contribution >= 4 is 22.9 Å². The summed E-state index contributed by atoms with van der Waals surface area (Å²) in [7, 11) is 0. The number of nitrogens with zero attached hydrogens (tertiary/aromatic N) is 1. The normalized spacial score (nSPS) is 11.9. The Hall–Kier alpha value is -2.94. The third kappa shape index (κ3) is 6.02. The van der Waals surface area contributed by atoms with E-state index in [0.29, 0.717) is 17.9 Å². The second-order valence-electron chi connectivity index (χ2n) is 6.65. The first-order valence-electron chi connectivity index (χ1n) is 9.28. The lowest BCUT2D eigenvalue weighted by atomic mass is 10.1. The molecule has 1 aromatic heterocycles. The zero-order valence-electron chi connectivity index (χ0n) is 15.8. The number of hydrogen-bond acceptors (Lipinski definition) is 6. The molecule has 0 saturated heterocycles. The highest BCUT2D eigenvalue weighted by Crippen LogP contribution is 2.12. The maximum atomic E-state index is 12.1. The van der Waals surface area contributed by atoms with E-state index in [0.717, 1.165) is 40.2 Å². The van der Waals surface area contributed by atoms with Crippen molar-refractivity contribution in [2.75, 3.05) is 18.4 Å². The number of hydrogen-bond donors (Lipinski definition) is 5. The molecule has 1 unspecified atom stereocenters. The third-order valence-electron chi connectivity index (χ3n) is 4.46. The highest BCUT2D eigenvalue weighted by molar-refractivity contribution is 7.07. The van der Waals surface area contributed by atoms with Crippen molar-refractivity contribution < 1.29 is 15.1 Å². The molecule has 1 amide bonds. The summed E-state index contributed by atoms with van der Waals surface area (Å²) in [6.45, 7) is 1.23. The summed E-state index contributed by atoms with van der Waals surface area (Å²) in [5, 5.41) is 34.8. The number of thiazole rings is 1. The second-order valence-corrected chi connectivity index (χ2v) is 7.50. The van der Waals surface area contributed by atoms with E-state index in [1.165, 1.54) is 0 Å². The molecule has 0 aliphatic rings. The first-order valence-corrected chi connectivity index (χ1v) is 10.2. The smallest absolute Gasteiger partial charge is 0.230 e. The van der Waals surface area contributed by atoms with Gasteiger partial charge in [-0.25, -0.2) is 0 Å². The lowest BCUT2D eigenvalue weighted by molar-refractivity contribution is -0.115. The molecule has 0 aliphatic carbocycles. The van der Waals surface area contributed by atoms with Crippen molar-refractivity contribution in [2.45, 2.75) is 18.9 Å². The number of nitrogens with one attached hydrogen (secondary N) is 3. The van der Waals surface area contributed by atoms with Gasteiger partial charge in [-0.3, -0.25) is 10.2 Å². The van der Waals surface area contributed by atoms with Gasteiger partial charge in [0.15, 0.2) is 0 Å². The van der Waals surface area contributed by atoms with E-state index in [9.17, 15) is 15.1 Å². The van der Waals surface area contributed by atoms with Crippen molar-refractivity contribution in [3.63, 3.8) is 0 Å². The Morgan fingerprint density at radius 2 is 1.86 bits per heavy atom. The van der Waals surface area contributed by atoms with Crippen molar-refractivity contribution in [2.24, 2.45) is 0 Å². The lowest BCUT2D eigenvalue weighted by Gasteiger charge is -2.12. The monoisotopic (exact) mass is 412 g/mol. The Kier molecular flexibility index (Phi) is 7.18. The Morgan fingerprint density at radius 1 is 1.14 bits per heavy atom. The van der Waals surface area contributed by atoms with Gasteiger partial charge in [0, 0.05) is 17.6 Å². The molecule has 3 aromatic rings. The molecule has 2 aromatic carbocycles. The first-order chi connectivity index (χ1) is 14.0. The van der Waals surface area contributed by atoms with E-state index in [4.69, 9.17) is 5.41 Å². The molecule has 8 heteroatoms. The fourth-order valence-corrected chi connectivity index (χ4v) is 3.51. The van der Waals surface area contributed by atoms with Crippen LogP contribution >= 0.6 is 11.3 Å². The summed E-state index contributed by atoms with van der Waals surface area (Å²) in [5.74, 6) is -0.255. The van der Waals surface area contributed by atoms with Crippen molar-refractivity contribution in [1.82, 2.24) is 10.0 Å². The molecular weight excluding hydrogens is 388 g/mol. The van der Waals surface area contributed by atoms with Crippen LogP contribution in [0, 0.1) is 5.41 Å². The Balaban J connectivity index is 1.41. The van der Waals surface area contributed by atoms with Crippen LogP contribution in [0.3, 0.4) is 0 Å². The Labute approximate surface area is 172 Å². The number of aliphatic hydroxyl groups is 1. The van der Waals surface area contributed by atoms with Crippen LogP contribution in [0.4, 0.5) is 5.69 Å². The molecule has 0 radical (unpaired) electrons. The minimum Gasteiger partial charge on any atom is -0.426 e. The lowest BCUT2D eigenvalue weighted by Crippen LogP contribution is -2.23. The van der Waals surface area contributed by atoms with Crippen molar-refractivity contribution in [1.29, 1.82) is 5.41 Å². The number of rotatable bonds is 9. The predicted molar refractivity (Wildman–Crippen MR) is 112 cm³/mol. The Bertz CT molecular complexity index is 983. The SMILES string of the molecule is N=c1scc(CC(=O)Nc2ccc(CCNCC(O)c3ccccc3)cc2)n1O. The number of carbonyl (C=O) groups is 1. The molecule has 1 heterocycles. The van der Waals surface area contributed by atoms with E-state index in [1.54, 1.807) is 5.38 Å². The number of carbonyl (C=O) groups excluding carboxylic acids is 1. The number of amides is 1. The standard InChI is InChI=1S/C21H24N4O3S/c22-21-25(28)18(14-29-21)12-20(27)24-17-8-6-15(7-9-17)10-11-23-13-19(26)16-4-2-1-3-5-16/h1-9,14,19,22-23,26,28H,10-13H2,(H,24,27). The van der Waals surface area contributed by atoms with Crippen LogP contribution in [0.2, 0.25) is 0 Å². The van der Waals surface area contributed by atoms with Crippen molar-refractivity contribution in [3.05, 3.63) is 81.6 Å². The minimum absolute atomic E-state index is 0.00128. The maximum absolute atomic E-state index is 12.1. The fourth-order valence-electron chi connectivity index (χ4n) is 2.86. The number of aliphatic hydroxyl groups excluding tert-OH is 1. The molecule has 0 spiro atoms. The molecule has 0 bridgehead atoms. The summed E-state index contributed by atoms with van der Waals surface area (Å²) in [5.41, 5.74) is 3.08. The summed E-state index contributed by atoms with van der Waals surface area (Å²) in [4.78, 5) is 12.1. The summed E-state index contributed by atoms with van der Waals surface area (Å²) in [6.07, 6.45) is 0.281. The Morgan fingerprint density at radius 3 is 2.52 bits per heavy atom. The molecule has 0 saturated carbocycles. The number of anilines is 1. The number of aromatic nitrogens is 1. The minimum atomic E-state index is -0.527.